The van der Waals surface area contributed by atoms with Gasteiger partial charge in [0, 0.05) is 10.0 Å². The first kappa shape index (κ1) is 25.6. The minimum atomic E-state index is -0.936. The van der Waals surface area contributed by atoms with Crippen LogP contribution in [-0.2, 0) is 16.2 Å². The van der Waals surface area contributed by atoms with E-state index in [9.17, 15) is 24.0 Å². The maximum Gasteiger partial charge on any atom is 0.335 e. The molecule has 4 rings (SSSR count). The lowest BCUT2D eigenvalue weighted by Gasteiger charge is -2.26. The molecule has 1 N–H and O–H groups in total. The summed E-state index contributed by atoms with van der Waals surface area (Å²) in [5.74, 6) is -1.54. The summed E-state index contributed by atoms with van der Waals surface area (Å²) >= 11 is 3.44. The summed E-state index contributed by atoms with van der Waals surface area (Å²) in [7, 11) is 0. The number of ether oxygens (including phenoxy) is 2. The number of nitrogens with zero attached hydrogens (tertiary/aromatic N) is 2. The Morgan fingerprint density at radius 2 is 1.76 bits per heavy atom. The summed E-state index contributed by atoms with van der Waals surface area (Å²) in [5.41, 5.74) is 1.41. The fourth-order valence-electron chi connectivity index (χ4n) is 3.59. The number of rotatable bonds is 7. The number of imide groups is 2. The number of carbonyl (C=O) groups excluding carboxylic acids is 3. The molecule has 4 amide bonds. The van der Waals surface area contributed by atoms with Crippen LogP contribution >= 0.6 is 15.9 Å². The lowest BCUT2D eigenvalue weighted by molar-refractivity contribution is -0.122. The Bertz CT molecular complexity index is 1460. The van der Waals surface area contributed by atoms with Crippen LogP contribution in [-0.4, -0.2) is 24.5 Å². The van der Waals surface area contributed by atoms with Gasteiger partial charge in [0.05, 0.1) is 23.9 Å². The molecule has 1 heterocycles. The molecule has 3 aromatic rings. The van der Waals surface area contributed by atoms with E-state index >= 15 is 0 Å². The molecular weight excluding hydrogens is 545 g/mol. The Morgan fingerprint density at radius 3 is 2.46 bits per heavy atom. The highest BCUT2D eigenvalue weighted by molar-refractivity contribution is 9.10. The van der Waals surface area contributed by atoms with Crippen LogP contribution in [0.4, 0.5) is 14.9 Å². The van der Waals surface area contributed by atoms with Crippen LogP contribution in [0.15, 0.2) is 70.7 Å². The Labute approximate surface area is 220 Å². The van der Waals surface area contributed by atoms with Crippen molar-refractivity contribution in [3.8, 4) is 17.6 Å². The summed E-state index contributed by atoms with van der Waals surface area (Å²) in [6.07, 6.45) is 1.32. The van der Waals surface area contributed by atoms with Gasteiger partial charge in [-0.25, -0.2) is 14.1 Å². The lowest BCUT2D eigenvalue weighted by Crippen LogP contribution is -2.54. The van der Waals surface area contributed by atoms with Crippen molar-refractivity contribution in [2.24, 2.45) is 0 Å². The topological polar surface area (TPSA) is 109 Å². The summed E-state index contributed by atoms with van der Waals surface area (Å²) in [4.78, 5) is 38.8. The second-order valence-corrected chi connectivity index (χ2v) is 8.60. The van der Waals surface area contributed by atoms with Crippen LogP contribution < -0.4 is 19.7 Å². The number of hydrogen-bond donors (Lipinski definition) is 1. The number of nitriles is 1. The monoisotopic (exact) mass is 563 g/mol. The van der Waals surface area contributed by atoms with Crippen molar-refractivity contribution in [3.63, 3.8) is 0 Å². The molecule has 8 nitrogen and oxygen atoms in total. The van der Waals surface area contributed by atoms with E-state index in [-0.39, 0.29) is 17.9 Å². The van der Waals surface area contributed by atoms with E-state index in [0.29, 0.717) is 39.3 Å². The van der Waals surface area contributed by atoms with Gasteiger partial charge in [-0.3, -0.25) is 14.9 Å². The van der Waals surface area contributed by atoms with Crippen LogP contribution in [0.3, 0.4) is 0 Å². The average molecular weight is 564 g/mol. The summed E-state index contributed by atoms with van der Waals surface area (Å²) < 4.78 is 25.5. The van der Waals surface area contributed by atoms with Crippen LogP contribution in [0.2, 0.25) is 0 Å². The van der Waals surface area contributed by atoms with Crippen LogP contribution in [0.25, 0.3) is 6.08 Å². The number of halogens is 2. The molecule has 0 aromatic heterocycles. The highest BCUT2D eigenvalue weighted by Crippen LogP contribution is 2.36. The van der Waals surface area contributed by atoms with Crippen LogP contribution in [0, 0.1) is 17.1 Å². The number of hydrogen-bond acceptors (Lipinski definition) is 6. The van der Waals surface area contributed by atoms with Crippen molar-refractivity contribution in [3.05, 3.63) is 93.2 Å². The van der Waals surface area contributed by atoms with Gasteiger partial charge < -0.3 is 9.47 Å². The Balaban J connectivity index is 1.67. The predicted molar refractivity (Wildman–Crippen MR) is 136 cm³/mol. The van der Waals surface area contributed by atoms with Gasteiger partial charge in [0.2, 0.25) is 0 Å². The SMILES string of the molecule is CCOc1cc(/C=C2\C(=O)NC(=O)N(c3ccc(F)cc3)C2=O)c(Br)cc1OCc1ccccc1C#N. The van der Waals surface area contributed by atoms with E-state index in [4.69, 9.17) is 9.47 Å². The molecule has 37 heavy (non-hydrogen) atoms. The molecule has 10 heteroatoms. The van der Waals surface area contributed by atoms with E-state index < -0.39 is 23.7 Å². The Hall–Kier alpha value is -4.49. The first-order valence-corrected chi connectivity index (χ1v) is 11.9. The van der Waals surface area contributed by atoms with Gasteiger partial charge in [0.15, 0.2) is 11.5 Å². The fraction of sp³-hybridized carbons (Fsp3) is 0.111. The Kier molecular flexibility index (Phi) is 7.65. The maximum absolute atomic E-state index is 13.3. The number of benzene rings is 3. The van der Waals surface area contributed by atoms with E-state index in [2.05, 4.69) is 27.3 Å². The van der Waals surface area contributed by atoms with Gasteiger partial charge in [-0.1, -0.05) is 34.1 Å². The second kappa shape index (κ2) is 11.1. The highest BCUT2D eigenvalue weighted by Gasteiger charge is 2.37. The molecular formula is C27H19BrFN3O5. The molecule has 0 bridgehead atoms. The molecule has 0 saturated carbocycles. The number of barbiturate groups is 1. The van der Waals surface area contributed by atoms with Crippen molar-refractivity contribution in [1.29, 1.82) is 5.26 Å². The van der Waals surface area contributed by atoms with Crippen molar-refractivity contribution >= 4 is 45.5 Å². The quantitative estimate of drug-likeness (QED) is 0.316. The number of nitrogens with one attached hydrogen (secondary N) is 1. The van der Waals surface area contributed by atoms with Crippen LogP contribution in [0.1, 0.15) is 23.6 Å². The number of carbonyl (C=O) groups is 3. The molecule has 0 atom stereocenters. The fourth-order valence-corrected chi connectivity index (χ4v) is 4.03. The van der Waals surface area contributed by atoms with E-state index in [1.165, 1.54) is 18.2 Å². The van der Waals surface area contributed by atoms with Gasteiger partial charge in [-0.15, -0.1) is 0 Å². The summed E-state index contributed by atoms with van der Waals surface area (Å²) in [6.45, 7) is 2.22. The zero-order chi connectivity index (χ0) is 26.5. The zero-order valence-corrected chi connectivity index (χ0v) is 21.0. The number of anilines is 1. The van der Waals surface area contributed by atoms with Gasteiger partial charge in [-0.05, 0) is 61.0 Å². The molecule has 0 spiro atoms. The average Bonchev–Trinajstić information content (AvgIpc) is 2.88. The van der Waals surface area contributed by atoms with E-state index in [0.717, 1.165) is 17.0 Å². The number of urea groups is 1. The highest BCUT2D eigenvalue weighted by atomic mass is 79.9. The van der Waals surface area contributed by atoms with E-state index in [1.54, 1.807) is 43.3 Å². The molecule has 0 radical (unpaired) electrons. The zero-order valence-electron chi connectivity index (χ0n) is 19.5. The van der Waals surface area contributed by atoms with Crippen molar-refractivity contribution in [2.45, 2.75) is 13.5 Å². The third-order valence-corrected chi connectivity index (χ3v) is 6.06. The third kappa shape index (κ3) is 5.52. The van der Waals surface area contributed by atoms with Gasteiger partial charge in [0.1, 0.15) is 18.0 Å². The smallest absolute Gasteiger partial charge is 0.335 e. The summed E-state index contributed by atoms with van der Waals surface area (Å²) in [6, 6.07) is 16.2. The summed E-state index contributed by atoms with van der Waals surface area (Å²) in [5, 5.41) is 11.4. The molecule has 186 valence electrons. The molecule has 1 saturated heterocycles. The molecule has 1 aliphatic rings. The molecule has 1 aliphatic heterocycles. The van der Waals surface area contributed by atoms with E-state index in [1.807, 2.05) is 0 Å². The molecule has 3 aromatic carbocycles. The molecule has 1 fully saturated rings. The maximum atomic E-state index is 13.3. The molecule has 0 aliphatic carbocycles. The minimum Gasteiger partial charge on any atom is -0.490 e. The van der Waals surface area contributed by atoms with Crippen LogP contribution in [0.5, 0.6) is 11.5 Å². The normalized spacial score (nSPS) is 14.4. The van der Waals surface area contributed by atoms with Crippen molar-refractivity contribution in [2.75, 3.05) is 11.5 Å². The van der Waals surface area contributed by atoms with Crippen molar-refractivity contribution in [1.82, 2.24) is 5.32 Å². The lowest BCUT2D eigenvalue weighted by atomic mass is 10.1. The predicted octanol–water partition coefficient (Wildman–Crippen LogP) is 5.10. The Morgan fingerprint density at radius 1 is 1.05 bits per heavy atom. The second-order valence-electron chi connectivity index (χ2n) is 7.75. The van der Waals surface area contributed by atoms with Gasteiger partial charge in [-0.2, -0.15) is 5.26 Å². The van der Waals surface area contributed by atoms with Gasteiger partial charge in [0.25, 0.3) is 11.8 Å². The standard InChI is InChI=1S/C27H19BrFN3O5/c1-2-36-23-12-18(22(28)13-24(23)37-15-17-6-4-3-5-16(17)14-30)11-21-25(33)31-27(35)32(26(21)34)20-9-7-19(29)8-10-20/h3-13H,2,15H2,1H3,(H,31,33,35)/b21-11+. The number of amides is 4. The third-order valence-electron chi connectivity index (χ3n) is 5.37. The first-order chi connectivity index (χ1) is 17.8. The van der Waals surface area contributed by atoms with Crippen molar-refractivity contribution < 1.29 is 28.2 Å². The van der Waals surface area contributed by atoms with Gasteiger partial charge >= 0.3 is 6.03 Å². The molecule has 0 unspecified atom stereocenters. The minimum absolute atomic E-state index is 0.109. The largest absolute Gasteiger partial charge is 0.490 e. The first-order valence-electron chi connectivity index (χ1n) is 11.1.